The molecule has 7 rings (SSSR count). The van der Waals surface area contributed by atoms with E-state index in [-0.39, 0.29) is 5.41 Å². The van der Waals surface area contributed by atoms with Gasteiger partial charge in [0.2, 0.25) is 0 Å². The van der Waals surface area contributed by atoms with E-state index >= 15 is 0 Å². The number of nitrogens with zero attached hydrogens (tertiary/aromatic N) is 4. The van der Waals surface area contributed by atoms with Gasteiger partial charge >= 0.3 is 0 Å². The van der Waals surface area contributed by atoms with Gasteiger partial charge in [-0.3, -0.25) is 4.57 Å². The van der Waals surface area contributed by atoms with Gasteiger partial charge in [-0.25, -0.2) is 15.0 Å². The molecule has 172 valence electrons. The van der Waals surface area contributed by atoms with Crippen molar-refractivity contribution in [2.45, 2.75) is 19.3 Å². The highest BCUT2D eigenvalue weighted by Gasteiger charge is 2.36. The van der Waals surface area contributed by atoms with Crippen LogP contribution in [0, 0.1) is 0 Å². The van der Waals surface area contributed by atoms with Gasteiger partial charge in [0.15, 0.2) is 5.82 Å². The van der Waals surface area contributed by atoms with E-state index in [0.29, 0.717) is 0 Å². The van der Waals surface area contributed by atoms with Crippen LogP contribution in [0.5, 0.6) is 0 Å². The molecule has 0 bridgehead atoms. The predicted octanol–water partition coefficient (Wildman–Crippen LogP) is 7.46. The molecule has 2 aromatic heterocycles. The fourth-order valence-electron chi connectivity index (χ4n) is 5.50. The largest absolute Gasteiger partial charge is 0.290 e. The van der Waals surface area contributed by atoms with Crippen LogP contribution < -0.4 is 0 Å². The van der Waals surface area contributed by atoms with Crippen molar-refractivity contribution in [1.29, 1.82) is 0 Å². The Morgan fingerprint density at radius 3 is 2.14 bits per heavy atom. The van der Waals surface area contributed by atoms with Gasteiger partial charge in [0.25, 0.3) is 0 Å². The zero-order valence-electron chi connectivity index (χ0n) is 20.2. The maximum absolute atomic E-state index is 5.01. The van der Waals surface area contributed by atoms with Crippen molar-refractivity contribution in [2.24, 2.45) is 0 Å². The molecule has 1 aliphatic heterocycles. The third kappa shape index (κ3) is 3.04. The molecule has 0 radical (unpaired) electrons. The third-order valence-electron chi connectivity index (χ3n) is 7.40. The minimum atomic E-state index is -0.173. The summed E-state index contributed by atoms with van der Waals surface area (Å²) in [6.45, 7) is 4.62. The highest BCUT2D eigenvalue weighted by atomic mass is 15.1. The quantitative estimate of drug-likeness (QED) is 0.273. The zero-order valence-corrected chi connectivity index (χ0v) is 20.2. The van der Waals surface area contributed by atoms with Crippen LogP contribution in [0.15, 0.2) is 110 Å². The number of rotatable bonds is 3. The Labute approximate surface area is 210 Å². The number of aromatic nitrogens is 4. The fourth-order valence-corrected chi connectivity index (χ4v) is 5.50. The Kier molecular flexibility index (Phi) is 4.45. The van der Waals surface area contributed by atoms with E-state index in [4.69, 9.17) is 4.98 Å². The SMILES string of the molecule is CC1(C)c2cc(-c3ccc(-c4ccccc4)cc3)ccc2-n2c(-c3ccncn3)nc3cccc1c32. The van der Waals surface area contributed by atoms with Crippen molar-refractivity contribution in [1.82, 2.24) is 19.5 Å². The molecule has 0 fully saturated rings. The van der Waals surface area contributed by atoms with Crippen molar-refractivity contribution < 1.29 is 0 Å². The number of hydrogen-bond acceptors (Lipinski definition) is 3. The van der Waals surface area contributed by atoms with Crippen LogP contribution in [0.25, 0.3) is 50.5 Å². The van der Waals surface area contributed by atoms with E-state index in [9.17, 15) is 0 Å². The summed E-state index contributed by atoms with van der Waals surface area (Å²) in [4.78, 5) is 13.6. The second-order valence-corrected chi connectivity index (χ2v) is 9.84. The Morgan fingerprint density at radius 1 is 0.667 bits per heavy atom. The molecule has 0 spiro atoms. The summed E-state index contributed by atoms with van der Waals surface area (Å²) in [5, 5.41) is 0. The maximum Gasteiger partial charge on any atom is 0.164 e. The summed E-state index contributed by atoms with van der Waals surface area (Å²) in [5.41, 5.74) is 11.4. The Balaban J connectivity index is 1.41. The molecule has 0 atom stereocenters. The number of imidazole rings is 1. The second kappa shape index (κ2) is 7.72. The van der Waals surface area contributed by atoms with Gasteiger partial charge < -0.3 is 0 Å². The molecule has 0 saturated heterocycles. The Bertz CT molecular complexity index is 1730. The van der Waals surface area contributed by atoms with Gasteiger partial charge in [0.1, 0.15) is 12.0 Å². The number of fused-ring (bicyclic) bond motifs is 2. The van der Waals surface area contributed by atoms with Crippen LogP contribution in [0.1, 0.15) is 25.0 Å². The van der Waals surface area contributed by atoms with Crippen molar-refractivity contribution in [3.05, 3.63) is 121 Å². The van der Waals surface area contributed by atoms with E-state index in [0.717, 1.165) is 28.2 Å². The van der Waals surface area contributed by atoms with Gasteiger partial charge in [-0.2, -0.15) is 0 Å². The highest BCUT2D eigenvalue weighted by molar-refractivity contribution is 5.90. The topological polar surface area (TPSA) is 43.6 Å². The average Bonchev–Trinajstić information content (AvgIpc) is 3.33. The minimum absolute atomic E-state index is 0.173. The smallest absolute Gasteiger partial charge is 0.164 e. The van der Waals surface area contributed by atoms with Crippen molar-refractivity contribution in [3.8, 4) is 39.5 Å². The molecule has 0 aliphatic carbocycles. The normalized spacial score (nSPS) is 13.5. The van der Waals surface area contributed by atoms with Crippen molar-refractivity contribution in [2.75, 3.05) is 0 Å². The molecule has 0 amide bonds. The first-order valence-corrected chi connectivity index (χ1v) is 12.2. The summed E-state index contributed by atoms with van der Waals surface area (Å²) in [7, 11) is 0. The predicted molar refractivity (Wildman–Crippen MR) is 145 cm³/mol. The van der Waals surface area contributed by atoms with Gasteiger partial charge in [-0.15, -0.1) is 0 Å². The van der Waals surface area contributed by atoms with Crippen LogP contribution >= 0.6 is 0 Å². The van der Waals surface area contributed by atoms with Crippen LogP contribution in [-0.4, -0.2) is 19.5 Å². The molecule has 0 N–H and O–H groups in total. The van der Waals surface area contributed by atoms with Crippen LogP contribution in [0.2, 0.25) is 0 Å². The lowest BCUT2D eigenvalue weighted by atomic mass is 9.74. The first-order chi connectivity index (χ1) is 17.6. The van der Waals surface area contributed by atoms with E-state index in [2.05, 4.69) is 119 Å². The summed E-state index contributed by atoms with van der Waals surface area (Å²) < 4.78 is 2.27. The first kappa shape index (κ1) is 20.8. The van der Waals surface area contributed by atoms with Crippen LogP contribution in [0.4, 0.5) is 0 Å². The average molecular weight is 465 g/mol. The monoisotopic (exact) mass is 464 g/mol. The van der Waals surface area contributed by atoms with E-state index in [1.165, 1.54) is 33.4 Å². The number of para-hydroxylation sites is 1. The lowest BCUT2D eigenvalue weighted by Crippen LogP contribution is -2.26. The summed E-state index contributed by atoms with van der Waals surface area (Å²) in [6, 6.07) is 34.5. The first-order valence-electron chi connectivity index (χ1n) is 12.2. The lowest BCUT2D eigenvalue weighted by Gasteiger charge is -2.35. The standard InChI is InChI=1S/C32H24N4/c1-32(2)25-9-6-10-27-30(25)36(31(35-27)28-17-18-33-20-34-28)29-16-15-24(19-26(29)32)23-13-11-22(12-14-23)21-7-4-3-5-8-21/h3-20H,1-2H3. The summed E-state index contributed by atoms with van der Waals surface area (Å²) >= 11 is 0. The molecule has 0 unspecified atom stereocenters. The second-order valence-electron chi connectivity index (χ2n) is 9.84. The van der Waals surface area contributed by atoms with E-state index in [1.807, 2.05) is 6.07 Å². The summed E-state index contributed by atoms with van der Waals surface area (Å²) in [6.07, 6.45) is 3.35. The van der Waals surface area contributed by atoms with Gasteiger partial charge in [0, 0.05) is 11.6 Å². The summed E-state index contributed by atoms with van der Waals surface area (Å²) in [5.74, 6) is 0.844. The molecule has 4 heteroatoms. The fraction of sp³-hybridized carbons (Fsp3) is 0.0938. The molecule has 36 heavy (non-hydrogen) atoms. The Hall–Kier alpha value is -4.57. The van der Waals surface area contributed by atoms with Crippen molar-refractivity contribution in [3.63, 3.8) is 0 Å². The van der Waals surface area contributed by atoms with E-state index in [1.54, 1.807) is 12.5 Å². The van der Waals surface area contributed by atoms with Gasteiger partial charge in [0.05, 0.1) is 16.7 Å². The minimum Gasteiger partial charge on any atom is -0.290 e. The molecule has 4 nitrogen and oxygen atoms in total. The zero-order chi connectivity index (χ0) is 24.3. The maximum atomic E-state index is 5.01. The van der Waals surface area contributed by atoms with E-state index < -0.39 is 0 Å². The molecule has 3 heterocycles. The third-order valence-corrected chi connectivity index (χ3v) is 7.40. The molecular formula is C32H24N4. The number of benzene rings is 4. The van der Waals surface area contributed by atoms with Crippen LogP contribution in [0.3, 0.4) is 0 Å². The number of hydrogen-bond donors (Lipinski definition) is 0. The van der Waals surface area contributed by atoms with Gasteiger partial charge in [-0.1, -0.05) is 86.6 Å². The molecule has 4 aromatic carbocycles. The van der Waals surface area contributed by atoms with Crippen molar-refractivity contribution >= 4 is 11.0 Å². The molecule has 6 aromatic rings. The van der Waals surface area contributed by atoms with Crippen LogP contribution in [-0.2, 0) is 5.41 Å². The molecular weight excluding hydrogens is 440 g/mol. The Morgan fingerprint density at radius 2 is 1.39 bits per heavy atom. The lowest BCUT2D eigenvalue weighted by molar-refractivity contribution is 0.629. The van der Waals surface area contributed by atoms with Gasteiger partial charge in [-0.05, 0) is 57.6 Å². The highest BCUT2D eigenvalue weighted by Crippen LogP contribution is 2.46. The molecule has 0 saturated carbocycles. The molecule has 1 aliphatic rings.